The molecule has 0 bridgehead atoms. The summed E-state index contributed by atoms with van der Waals surface area (Å²) in [6, 6.07) is 7.49. The zero-order chi connectivity index (χ0) is 21.3. The molecular weight excluding hydrogens is 394 g/mol. The summed E-state index contributed by atoms with van der Waals surface area (Å²) in [6.07, 6.45) is 0. The average molecular weight is 426 g/mol. The third-order valence-electron chi connectivity index (χ3n) is 6.11. The van der Waals surface area contributed by atoms with Gasteiger partial charge >= 0.3 is 0 Å². The minimum atomic E-state index is 0.310. The Morgan fingerprint density at radius 1 is 0.967 bits per heavy atom. The molecule has 1 saturated heterocycles. The number of aromatic hydroxyl groups is 1. The highest BCUT2D eigenvalue weighted by molar-refractivity contribution is 7.18. The molecule has 160 valence electrons. The number of aryl methyl sites for hydroxylation is 2. The maximum Gasteiger partial charge on any atom is 0.146 e. The van der Waals surface area contributed by atoms with E-state index in [4.69, 9.17) is 9.97 Å². The van der Waals surface area contributed by atoms with Gasteiger partial charge in [0.1, 0.15) is 22.2 Å². The fourth-order valence-electron chi connectivity index (χ4n) is 4.06. The van der Waals surface area contributed by atoms with Crippen LogP contribution in [0.5, 0.6) is 5.75 Å². The van der Waals surface area contributed by atoms with Crippen LogP contribution in [0.25, 0.3) is 10.2 Å². The van der Waals surface area contributed by atoms with Crippen molar-refractivity contribution in [2.45, 2.75) is 34.2 Å². The third kappa shape index (κ3) is 4.09. The lowest BCUT2D eigenvalue weighted by molar-refractivity contribution is 0.288. The molecule has 0 atom stereocenters. The molecule has 6 nitrogen and oxygen atoms in total. The number of phenols is 1. The summed E-state index contributed by atoms with van der Waals surface area (Å²) in [6.45, 7) is 15.2. The van der Waals surface area contributed by atoms with Gasteiger partial charge in [0.25, 0.3) is 0 Å². The fourth-order valence-corrected chi connectivity index (χ4v) is 5.10. The Labute approximate surface area is 182 Å². The van der Waals surface area contributed by atoms with E-state index in [1.54, 1.807) is 23.5 Å². The van der Waals surface area contributed by atoms with Gasteiger partial charge in [-0.25, -0.2) is 9.97 Å². The molecule has 30 heavy (non-hydrogen) atoms. The standard InChI is InChI=1S/C23H31N5OS/c1-5-26(6-2)15-20-24-22(21-16(3)17(4)30-23(21)25-20)28-13-11-27(12-14-28)18-7-9-19(29)10-8-18/h7-10,29H,5-6,11-15H2,1-4H3. The van der Waals surface area contributed by atoms with E-state index in [1.807, 2.05) is 12.1 Å². The Balaban J connectivity index is 1.61. The molecule has 1 fully saturated rings. The van der Waals surface area contributed by atoms with Gasteiger partial charge in [-0.3, -0.25) is 4.90 Å². The van der Waals surface area contributed by atoms with Gasteiger partial charge in [-0.1, -0.05) is 13.8 Å². The second-order valence-electron chi connectivity index (χ2n) is 7.88. The van der Waals surface area contributed by atoms with Gasteiger partial charge in [0.05, 0.1) is 11.9 Å². The molecule has 1 aromatic carbocycles. The first-order chi connectivity index (χ1) is 14.5. The molecule has 3 heterocycles. The first-order valence-corrected chi connectivity index (χ1v) is 11.6. The number of aromatic nitrogens is 2. The number of hydrogen-bond donors (Lipinski definition) is 1. The van der Waals surface area contributed by atoms with E-state index in [2.05, 4.69) is 42.4 Å². The zero-order valence-electron chi connectivity index (χ0n) is 18.4. The summed E-state index contributed by atoms with van der Waals surface area (Å²) in [4.78, 5) is 19.6. The summed E-state index contributed by atoms with van der Waals surface area (Å²) >= 11 is 1.78. The number of fused-ring (bicyclic) bond motifs is 1. The molecule has 0 saturated carbocycles. The number of phenolic OH excluding ortho intramolecular Hbond substituents is 1. The highest BCUT2D eigenvalue weighted by Gasteiger charge is 2.24. The van der Waals surface area contributed by atoms with Gasteiger partial charge in [0.15, 0.2) is 0 Å². The van der Waals surface area contributed by atoms with Crippen LogP contribution in [0.3, 0.4) is 0 Å². The number of nitrogens with zero attached hydrogens (tertiary/aromatic N) is 5. The number of benzene rings is 1. The highest BCUT2D eigenvalue weighted by atomic mass is 32.1. The summed E-state index contributed by atoms with van der Waals surface area (Å²) in [7, 11) is 0. The van der Waals surface area contributed by atoms with Gasteiger partial charge in [0.2, 0.25) is 0 Å². The quantitative estimate of drug-likeness (QED) is 0.639. The van der Waals surface area contributed by atoms with Crippen LogP contribution in [-0.4, -0.2) is 59.2 Å². The number of thiophene rings is 1. The third-order valence-corrected chi connectivity index (χ3v) is 7.21. The summed E-state index contributed by atoms with van der Waals surface area (Å²) in [5.41, 5.74) is 2.46. The molecule has 1 aliphatic heterocycles. The van der Waals surface area contributed by atoms with Crippen molar-refractivity contribution in [1.29, 1.82) is 0 Å². The predicted molar refractivity (Wildman–Crippen MR) is 126 cm³/mol. The molecule has 1 N–H and O–H groups in total. The number of hydrogen-bond acceptors (Lipinski definition) is 7. The lowest BCUT2D eigenvalue weighted by atomic mass is 10.2. The van der Waals surface area contributed by atoms with Crippen LogP contribution in [0.15, 0.2) is 24.3 Å². The Morgan fingerprint density at radius 3 is 2.23 bits per heavy atom. The van der Waals surface area contributed by atoms with Crippen molar-refractivity contribution in [3.63, 3.8) is 0 Å². The van der Waals surface area contributed by atoms with Crippen LogP contribution in [0.4, 0.5) is 11.5 Å². The molecule has 0 unspecified atom stereocenters. The number of piperazine rings is 1. The summed E-state index contributed by atoms with van der Waals surface area (Å²) in [5, 5.41) is 10.8. The van der Waals surface area contributed by atoms with E-state index in [0.717, 1.165) is 68.0 Å². The van der Waals surface area contributed by atoms with E-state index in [-0.39, 0.29) is 0 Å². The van der Waals surface area contributed by atoms with Gasteiger partial charge in [-0.2, -0.15) is 0 Å². The normalized spacial score (nSPS) is 14.8. The van der Waals surface area contributed by atoms with Crippen LogP contribution >= 0.6 is 11.3 Å². The molecule has 3 aromatic rings. The smallest absolute Gasteiger partial charge is 0.146 e. The maximum absolute atomic E-state index is 9.55. The molecule has 2 aromatic heterocycles. The van der Waals surface area contributed by atoms with E-state index in [1.165, 1.54) is 15.8 Å². The molecule has 0 amide bonds. The van der Waals surface area contributed by atoms with Crippen molar-refractivity contribution >= 4 is 33.1 Å². The molecule has 7 heteroatoms. The van der Waals surface area contributed by atoms with Crippen molar-refractivity contribution in [2.75, 3.05) is 49.1 Å². The second kappa shape index (κ2) is 8.78. The fraction of sp³-hybridized carbons (Fsp3) is 0.478. The van der Waals surface area contributed by atoms with Crippen LogP contribution in [0.2, 0.25) is 0 Å². The van der Waals surface area contributed by atoms with Crippen LogP contribution in [0, 0.1) is 13.8 Å². The molecule has 0 spiro atoms. The van der Waals surface area contributed by atoms with Crippen molar-refractivity contribution in [2.24, 2.45) is 0 Å². The van der Waals surface area contributed by atoms with Crippen LogP contribution < -0.4 is 9.80 Å². The van der Waals surface area contributed by atoms with E-state index in [9.17, 15) is 5.11 Å². The van der Waals surface area contributed by atoms with E-state index < -0.39 is 0 Å². The Kier molecular flexibility index (Phi) is 6.11. The lowest BCUT2D eigenvalue weighted by Crippen LogP contribution is -2.47. The lowest BCUT2D eigenvalue weighted by Gasteiger charge is -2.37. The molecular formula is C23H31N5OS. The van der Waals surface area contributed by atoms with Crippen molar-refractivity contribution in [3.8, 4) is 5.75 Å². The minimum absolute atomic E-state index is 0.310. The minimum Gasteiger partial charge on any atom is -0.508 e. The van der Waals surface area contributed by atoms with Crippen molar-refractivity contribution in [3.05, 3.63) is 40.5 Å². The first kappa shape index (κ1) is 20.9. The largest absolute Gasteiger partial charge is 0.508 e. The van der Waals surface area contributed by atoms with Crippen molar-refractivity contribution in [1.82, 2.24) is 14.9 Å². The van der Waals surface area contributed by atoms with Gasteiger partial charge < -0.3 is 14.9 Å². The van der Waals surface area contributed by atoms with Crippen LogP contribution in [0.1, 0.15) is 30.1 Å². The van der Waals surface area contributed by atoms with Gasteiger partial charge in [0, 0.05) is 36.7 Å². The van der Waals surface area contributed by atoms with Crippen molar-refractivity contribution < 1.29 is 5.11 Å². The average Bonchev–Trinajstić information content (AvgIpc) is 3.05. The molecule has 4 rings (SSSR count). The number of anilines is 2. The molecule has 0 aliphatic carbocycles. The summed E-state index contributed by atoms with van der Waals surface area (Å²) in [5.74, 6) is 2.32. The van der Waals surface area contributed by atoms with Crippen LogP contribution in [-0.2, 0) is 6.54 Å². The monoisotopic (exact) mass is 425 g/mol. The molecule has 1 aliphatic rings. The second-order valence-corrected chi connectivity index (χ2v) is 9.08. The van der Waals surface area contributed by atoms with E-state index in [0.29, 0.717) is 5.75 Å². The SMILES string of the molecule is CCN(CC)Cc1nc(N2CCN(c3ccc(O)cc3)CC2)c2c(C)c(C)sc2n1. The highest BCUT2D eigenvalue weighted by Crippen LogP contribution is 2.35. The summed E-state index contributed by atoms with van der Waals surface area (Å²) < 4.78 is 0. The van der Waals surface area contributed by atoms with Gasteiger partial charge in [-0.15, -0.1) is 11.3 Å². The first-order valence-electron chi connectivity index (χ1n) is 10.8. The Morgan fingerprint density at radius 2 is 1.60 bits per heavy atom. The van der Waals surface area contributed by atoms with E-state index >= 15 is 0 Å². The zero-order valence-corrected chi connectivity index (χ0v) is 19.2. The molecule has 0 radical (unpaired) electrons. The Hall–Kier alpha value is -2.38. The Bertz CT molecular complexity index is 1000. The maximum atomic E-state index is 9.55. The predicted octanol–water partition coefficient (Wildman–Crippen LogP) is 4.18. The topological polar surface area (TPSA) is 55.7 Å². The number of rotatable bonds is 6. The van der Waals surface area contributed by atoms with Gasteiger partial charge in [-0.05, 0) is 56.8 Å².